The van der Waals surface area contributed by atoms with Crippen LogP contribution in [0.15, 0.2) is 42.5 Å². The average molecular weight is 381 g/mol. The summed E-state index contributed by atoms with van der Waals surface area (Å²) in [6.45, 7) is 6.36. The molecule has 0 aliphatic carbocycles. The van der Waals surface area contributed by atoms with Crippen molar-refractivity contribution in [1.82, 2.24) is 0 Å². The standard InChI is InChI=1S/C24H28FNO2/c1-3-4-17(2)23(27)26-16-24(11-13-28-14-12-24)21-15-19(7-10-22(21)26)18-5-8-20(25)9-6-18/h5-10,15,17H,3-4,11-14,16H2,1-2H3. The predicted octanol–water partition coefficient (Wildman–Crippen LogP) is 5.32. The Bertz CT molecular complexity index is 855. The van der Waals surface area contributed by atoms with Crippen molar-refractivity contribution in [3.8, 4) is 11.1 Å². The van der Waals surface area contributed by atoms with Gasteiger partial charge in [0.15, 0.2) is 0 Å². The van der Waals surface area contributed by atoms with Gasteiger partial charge in [-0.2, -0.15) is 0 Å². The van der Waals surface area contributed by atoms with E-state index in [0.29, 0.717) is 0 Å². The number of ether oxygens (including phenoxy) is 1. The number of hydrogen-bond acceptors (Lipinski definition) is 2. The van der Waals surface area contributed by atoms with Gasteiger partial charge >= 0.3 is 0 Å². The van der Waals surface area contributed by atoms with E-state index in [1.54, 1.807) is 0 Å². The summed E-state index contributed by atoms with van der Waals surface area (Å²) in [5.41, 5.74) is 4.32. The molecule has 3 nitrogen and oxygen atoms in total. The highest BCUT2D eigenvalue weighted by Gasteiger charge is 2.46. The summed E-state index contributed by atoms with van der Waals surface area (Å²) in [4.78, 5) is 15.2. The first-order valence-electron chi connectivity index (χ1n) is 10.3. The van der Waals surface area contributed by atoms with Crippen molar-refractivity contribution in [3.05, 3.63) is 53.8 Å². The molecule has 1 spiro atoms. The van der Waals surface area contributed by atoms with Gasteiger partial charge < -0.3 is 9.64 Å². The van der Waals surface area contributed by atoms with E-state index in [1.807, 2.05) is 24.0 Å². The summed E-state index contributed by atoms with van der Waals surface area (Å²) in [6.07, 6.45) is 3.78. The van der Waals surface area contributed by atoms with E-state index in [-0.39, 0.29) is 23.1 Å². The zero-order valence-corrected chi connectivity index (χ0v) is 16.7. The molecule has 28 heavy (non-hydrogen) atoms. The Hall–Kier alpha value is -2.20. The fourth-order valence-corrected chi connectivity index (χ4v) is 4.70. The summed E-state index contributed by atoms with van der Waals surface area (Å²) in [5.74, 6) is 0.0260. The Morgan fingerprint density at radius 2 is 1.82 bits per heavy atom. The van der Waals surface area contributed by atoms with Crippen LogP contribution in [0.4, 0.5) is 10.1 Å². The van der Waals surface area contributed by atoms with Crippen LogP contribution in [0.1, 0.15) is 45.1 Å². The lowest BCUT2D eigenvalue weighted by Gasteiger charge is -2.34. The number of rotatable bonds is 4. The fourth-order valence-electron chi connectivity index (χ4n) is 4.70. The van der Waals surface area contributed by atoms with Crippen molar-refractivity contribution in [3.63, 3.8) is 0 Å². The lowest BCUT2D eigenvalue weighted by Crippen LogP contribution is -2.42. The number of carbonyl (C=O) groups is 1. The van der Waals surface area contributed by atoms with Crippen molar-refractivity contribution in [2.45, 2.75) is 44.9 Å². The largest absolute Gasteiger partial charge is 0.381 e. The molecule has 4 heteroatoms. The van der Waals surface area contributed by atoms with E-state index < -0.39 is 0 Å². The first-order valence-corrected chi connectivity index (χ1v) is 10.3. The number of amides is 1. The zero-order valence-electron chi connectivity index (χ0n) is 16.7. The molecule has 4 rings (SSSR count). The second-order valence-corrected chi connectivity index (χ2v) is 8.25. The van der Waals surface area contributed by atoms with Gasteiger partial charge in [-0.15, -0.1) is 0 Å². The van der Waals surface area contributed by atoms with Crippen LogP contribution in [0, 0.1) is 11.7 Å². The van der Waals surface area contributed by atoms with Crippen molar-refractivity contribution >= 4 is 11.6 Å². The number of nitrogens with zero attached hydrogens (tertiary/aromatic N) is 1. The Morgan fingerprint density at radius 3 is 2.50 bits per heavy atom. The van der Waals surface area contributed by atoms with Crippen molar-refractivity contribution < 1.29 is 13.9 Å². The maximum absolute atomic E-state index is 13.3. The minimum Gasteiger partial charge on any atom is -0.381 e. The molecule has 2 aromatic carbocycles. The molecule has 1 amide bonds. The topological polar surface area (TPSA) is 29.5 Å². The number of fused-ring (bicyclic) bond motifs is 2. The molecule has 0 saturated carbocycles. The molecule has 1 fully saturated rings. The van der Waals surface area contributed by atoms with Crippen LogP contribution in [-0.4, -0.2) is 25.7 Å². The third-order valence-corrected chi connectivity index (χ3v) is 6.36. The number of anilines is 1. The summed E-state index contributed by atoms with van der Waals surface area (Å²) in [7, 11) is 0. The van der Waals surface area contributed by atoms with Gasteiger partial charge in [-0.05, 0) is 60.2 Å². The van der Waals surface area contributed by atoms with Crippen LogP contribution in [0.3, 0.4) is 0 Å². The highest BCUT2D eigenvalue weighted by molar-refractivity contribution is 5.98. The Morgan fingerprint density at radius 1 is 1.14 bits per heavy atom. The van der Waals surface area contributed by atoms with Gasteiger partial charge in [-0.3, -0.25) is 4.79 Å². The molecule has 0 N–H and O–H groups in total. The molecule has 2 aromatic rings. The van der Waals surface area contributed by atoms with Gasteiger partial charge in [0.25, 0.3) is 0 Å². The summed E-state index contributed by atoms with van der Waals surface area (Å²) >= 11 is 0. The van der Waals surface area contributed by atoms with E-state index in [0.717, 1.165) is 62.3 Å². The molecule has 0 radical (unpaired) electrons. The van der Waals surface area contributed by atoms with Crippen LogP contribution in [-0.2, 0) is 14.9 Å². The Balaban J connectivity index is 1.75. The molecule has 1 unspecified atom stereocenters. The molecular weight excluding hydrogens is 353 g/mol. The third kappa shape index (κ3) is 3.35. The van der Waals surface area contributed by atoms with E-state index >= 15 is 0 Å². The van der Waals surface area contributed by atoms with Gasteiger partial charge in [0.1, 0.15) is 5.82 Å². The minimum atomic E-state index is -0.229. The number of hydrogen-bond donors (Lipinski definition) is 0. The predicted molar refractivity (Wildman–Crippen MR) is 110 cm³/mol. The second kappa shape index (κ2) is 7.67. The average Bonchev–Trinajstić information content (AvgIpc) is 3.02. The maximum atomic E-state index is 13.3. The van der Waals surface area contributed by atoms with Crippen molar-refractivity contribution in [2.75, 3.05) is 24.7 Å². The first-order chi connectivity index (χ1) is 13.5. The molecule has 1 atom stereocenters. The molecular formula is C24H28FNO2. The monoisotopic (exact) mass is 381 g/mol. The van der Waals surface area contributed by atoms with Crippen LogP contribution < -0.4 is 4.90 Å². The molecule has 0 aromatic heterocycles. The molecule has 2 aliphatic rings. The number of carbonyl (C=O) groups excluding carboxylic acids is 1. The lowest BCUT2D eigenvalue weighted by molar-refractivity contribution is -0.122. The van der Waals surface area contributed by atoms with E-state index in [4.69, 9.17) is 4.74 Å². The fraction of sp³-hybridized carbons (Fsp3) is 0.458. The third-order valence-electron chi connectivity index (χ3n) is 6.36. The van der Waals surface area contributed by atoms with Crippen LogP contribution >= 0.6 is 0 Å². The van der Waals surface area contributed by atoms with Gasteiger partial charge in [-0.1, -0.05) is 38.5 Å². The van der Waals surface area contributed by atoms with E-state index in [9.17, 15) is 9.18 Å². The van der Waals surface area contributed by atoms with E-state index in [2.05, 4.69) is 25.1 Å². The summed E-state index contributed by atoms with van der Waals surface area (Å²) < 4.78 is 19.0. The molecule has 0 bridgehead atoms. The number of halogens is 1. The molecule has 1 saturated heterocycles. The summed E-state index contributed by atoms with van der Waals surface area (Å²) in [6, 6.07) is 13.0. The van der Waals surface area contributed by atoms with Crippen molar-refractivity contribution in [2.24, 2.45) is 5.92 Å². The van der Waals surface area contributed by atoms with Gasteiger partial charge in [0.05, 0.1) is 0 Å². The molecule has 2 aliphatic heterocycles. The minimum absolute atomic E-state index is 0.0321. The Labute approximate surface area is 166 Å². The Kier molecular flexibility index (Phi) is 5.24. The smallest absolute Gasteiger partial charge is 0.229 e. The number of benzene rings is 2. The van der Waals surface area contributed by atoms with Gasteiger partial charge in [0, 0.05) is 36.8 Å². The first kappa shape index (κ1) is 19.1. The van der Waals surface area contributed by atoms with Crippen LogP contribution in [0.25, 0.3) is 11.1 Å². The van der Waals surface area contributed by atoms with Crippen LogP contribution in [0.2, 0.25) is 0 Å². The summed E-state index contributed by atoms with van der Waals surface area (Å²) in [5, 5.41) is 0. The van der Waals surface area contributed by atoms with Gasteiger partial charge in [-0.25, -0.2) is 4.39 Å². The van der Waals surface area contributed by atoms with Crippen LogP contribution in [0.5, 0.6) is 0 Å². The van der Waals surface area contributed by atoms with E-state index in [1.165, 1.54) is 17.7 Å². The van der Waals surface area contributed by atoms with Crippen molar-refractivity contribution in [1.29, 1.82) is 0 Å². The SMILES string of the molecule is CCCC(C)C(=O)N1CC2(CCOCC2)c2cc(-c3ccc(F)cc3)ccc21. The quantitative estimate of drug-likeness (QED) is 0.717. The van der Waals surface area contributed by atoms with Gasteiger partial charge in [0.2, 0.25) is 5.91 Å². The molecule has 2 heterocycles. The molecule has 148 valence electrons. The maximum Gasteiger partial charge on any atom is 0.229 e. The normalized spacial score (nSPS) is 18.9. The highest BCUT2D eigenvalue weighted by Crippen LogP contribution is 2.48. The zero-order chi connectivity index (χ0) is 19.7. The lowest BCUT2D eigenvalue weighted by atomic mass is 9.75. The highest BCUT2D eigenvalue weighted by atomic mass is 19.1. The second-order valence-electron chi connectivity index (χ2n) is 8.25.